The fraction of sp³-hybridized carbons (Fsp3) is 0.200. The van der Waals surface area contributed by atoms with E-state index in [4.69, 9.17) is 5.11 Å². The van der Waals surface area contributed by atoms with Gasteiger partial charge in [0.05, 0.1) is 6.54 Å². The van der Waals surface area contributed by atoms with Crippen LogP contribution in [-0.4, -0.2) is 36.7 Å². The molecule has 0 aliphatic rings. The Bertz CT molecular complexity index is 546. The standard InChI is InChI=1S/C10H11N5O3/c16-9(17)5-15-3-1-2-7(15)10(18)11-4-8-12-6-13-14-8/h1-3,6H,4-5H2,(H,11,18)(H,16,17)(H,12,13,14). The number of amides is 1. The van der Waals surface area contributed by atoms with Crippen molar-refractivity contribution in [1.29, 1.82) is 0 Å². The summed E-state index contributed by atoms with van der Waals surface area (Å²) in [4.78, 5) is 26.3. The maximum atomic E-state index is 11.8. The van der Waals surface area contributed by atoms with Crippen LogP contribution in [-0.2, 0) is 17.9 Å². The Labute approximate surface area is 102 Å². The number of hydrogen-bond acceptors (Lipinski definition) is 4. The number of carboxylic acid groups (broad SMARTS) is 1. The molecule has 8 nitrogen and oxygen atoms in total. The zero-order valence-electron chi connectivity index (χ0n) is 9.33. The van der Waals surface area contributed by atoms with Crippen LogP contribution in [0.5, 0.6) is 0 Å². The number of carboxylic acids is 1. The molecule has 0 saturated carbocycles. The molecule has 0 bridgehead atoms. The Balaban J connectivity index is 2.00. The van der Waals surface area contributed by atoms with E-state index in [1.54, 1.807) is 12.1 Å². The molecule has 0 fully saturated rings. The normalized spacial score (nSPS) is 10.2. The number of nitrogens with zero attached hydrogens (tertiary/aromatic N) is 3. The molecule has 0 unspecified atom stereocenters. The van der Waals surface area contributed by atoms with Crippen LogP contribution in [0.15, 0.2) is 24.7 Å². The average Bonchev–Trinajstić information content (AvgIpc) is 2.95. The number of aromatic nitrogens is 4. The first-order valence-corrected chi connectivity index (χ1v) is 5.16. The van der Waals surface area contributed by atoms with Gasteiger partial charge in [-0.2, -0.15) is 5.10 Å². The summed E-state index contributed by atoms with van der Waals surface area (Å²) in [5.74, 6) is -0.840. The van der Waals surface area contributed by atoms with Gasteiger partial charge in [-0.05, 0) is 12.1 Å². The van der Waals surface area contributed by atoms with Crippen molar-refractivity contribution in [1.82, 2.24) is 25.1 Å². The summed E-state index contributed by atoms with van der Waals surface area (Å²) < 4.78 is 1.36. The van der Waals surface area contributed by atoms with Gasteiger partial charge in [0, 0.05) is 6.20 Å². The topological polar surface area (TPSA) is 113 Å². The molecule has 0 saturated heterocycles. The third-order valence-corrected chi connectivity index (χ3v) is 2.25. The van der Waals surface area contributed by atoms with E-state index in [-0.39, 0.29) is 24.7 Å². The molecule has 18 heavy (non-hydrogen) atoms. The van der Waals surface area contributed by atoms with Crippen LogP contribution in [0.4, 0.5) is 0 Å². The number of hydrogen-bond donors (Lipinski definition) is 3. The van der Waals surface area contributed by atoms with E-state index in [2.05, 4.69) is 20.5 Å². The summed E-state index contributed by atoms with van der Waals surface area (Å²) in [5.41, 5.74) is 0.289. The zero-order valence-corrected chi connectivity index (χ0v) is 9.33. The van der Waals surface area contributed by atoms with Crippen LogP contribution in [0.3, 0.4) is 0 Å². The second kappa shape index (κ2) is 5.13. The van der Waals surface area contributed by atoms with Gasteiger partial charge in [-0.1, -0.05) is 0 Å². The van der Waals surface area contributed by atoms with Crippen molar-refractivity contribution in [3.05, 3.63) is 36.2 Å². The molecule has 0 aliphatic heterocycles. The van der Waals surface area contributed by atoms with Crippen LogP contribution in [0.1, 0.15) is 16.3 Å². The van der Waals surface area contributed by atoms with Gasteiger partial charge in [0.1, 0.15) is 24.4 Å². The molecule has 0 radical (unpaired) electrons. The van der Waals surface area contributed by atoms with Crippen molar-refractivity contribution in [3.63, 3.8) is 0 Å². The smallest absolute Gasteiger partial charge is 0.323 e. The highest BCUT2D eigenvalue weighted by atomic mass is 16.4. The fourth-order valence-electron chi connectivity index (χ4n) is 1.47. The van der Waals surface area contributed by atoms with E-state index in [0.717, 1.165) is 0 Å². The number of aromatic amines is 1. The van der Waals surface area contributed by atoms with Crippen LogP contribution in [0, 0.1) is 0 Å². The Morgan fingerprint density at radius 2 is 2.33 bits per heavy atom. The maximum absolute atomic E-state index is 11.8. The first-order chi connectivity index (χ1) is 8.66. The Morgan fingerprint density at radius 1 is 1.50 bits per heavy atom. The molecule has 8 heteroatoms. The summed E-state index contributed by atoms with van der Waals surface area (Å²) >= 11 is 0. The van der Waals surface area contributed by atoms with Gasteiger partial charge < -0.3 is 15.0 Å². The number of carbonyl (C=O) groups is 2. The quantitative estimate of drug-likeness (QED) is 0.668. The largest absolute Gasteiger partial charge is 0.480 e. The van der Waals surface area contributed by atoms with E-state index >= 15 is 0 Å². The monoisotopic (exact) mass is 249 g/mol. The molecule has 0 aromatic carbocycles. The molecule has 2 rings (SSSR count). The highest BCUT2D eigenvalue weighted by Gasteiger charge is 2.12. The molecule has 2 aromatic heterocycles. The highest BCUT2D eigenvalue weighted by molar-refractivity contribution is 5.93. The Kier molecular flexibility index (Phi) is 3.37. The SMILES string of the molecule is O=C(O)Cn1cccc1C(=O)NCc1ncn[nH]1. The van der Waals surface area contributed by atoms with Crippen molar-refractivity contribution in [2.75, 3.05) is 0 Å². The van der Waals surface area contributed by atoms with Crippen LogP contribution in [0.2, 0.25) is 0 Å². The van der Waals surface area contributed by atoms with Crippen LogP contribution >= 0.6 is 0 Å². The lowest BCUT2D eigenvalue weighted by atomic mass is 10.4. The molecule has 3 N–H and O–H groups in total. The minimum atomic E-state index is -1.00. The van der Waals surface area contributed by atoms with Gasteiger partial charge in [0.2, 0.25) is 0 Å². The lowest BCUT2D eigenvalue weighted by Gasteiger charge is -2.06. The second-order valence-electron chi connectivity index (χ2n) is 3.53. The number of carbonyl (C=O) groups excluding carboxylic acids is 1. The van der Waals surface area contributed by atoms with Gasteiger partial charge in [-0.15, -0.1) is 0 Å². The first-order valence-electron chi connectivity index (χ1n) is 5.16. The van der Waals surface area contributed by atoms with Crippen molar-refractivity contribution in [2.45, 2.75) is 13.1 Å². The van der Waals surface area contributed by atoms with Crippen molar-refractivity contribution < 1.29 is 14.7 Å². The third kappa shape index (κ3) is 2.73. The molecular weight excluding hydrogens is 238 g/mol. The van der Waals surface area contributed by atoms with E-state index < -0.39 is 5.97 Å². The lowest BCUT2D eigenvalue weighted by Crippen LogP contribution is -2.26. The maximum Gasteiger partial charge on any atom is 0.323 e. The summed E-state index contributed by atoms with van der Waals surface area (Å²) in [7, 11) is 0. The van der Waals surface area contributed by atoms with E-state index in [0.29, 0.717) is 5.82 Å². The van der Waals surface area contributed by atoms with Crippen LogP contribution in [0.25, 0.3) is 0 Å². The van der Waals surface area contributed by atoms with Gasteiger partial charge in [0.15, 0.2) is 0 Å². The molecule has 0 atom stereocenters. The molecule has 2 heterocycles. The minimum absolute atomic E-state index is 0.205. The molecule has 94 valence electrons. The Morgan fingerprint density at radius 3 is 3.00 bits per heavy atom. The van der Waals surface area contributed by atoms with E-state index in [1.165, 1.54) is 17.1 Å². The van der Waals surface area contributed by atoms with Crippen molar-refractivity contribution in [2.24, 2.45) is 0 Å². The number of rotatable bonds is 5. The van der Waals surface area contributed by atoms with E-state index in [9.17, 15) is 9.59 Å². The van der Waals surface area contributed by atoms with Gasteiger partial charge in [-0.25, -0.2) is 4.98 Å². The summed E-state index contributed by atoms with van der Waals surface area (Å²) in [6.07, 6.45) is 2.88. The lowest BCUT2D eigenvalue weighted by molar-refractivity contribution is -0.137. The van der Waals surface area contributed by atoms with Gasteiger partial charge in [0.25, 0.3) is 5.91 Å². The second-order valence-corrected chi connectivity index (χ2v) is 3.53. The number of aliphatic carboxylic acids is 1. The van der Waals surface area contributed by atoms with Gasteiger partial charge >= 0.3 is 5.97 Å². The van der Waals surface area contributed by atoms with Crippen molar-refractivity contribution in [3.8, 4) is 0 Å². The molecule has 2 aromatic rings. The molecule has 0 spiro atoms. The number of H-pyrrole nitrogens is 1. The average molecular weight is 249 g/mol. The first kappa shape index (κ1) is 11.8. The summed E-state index contributed by atoms with van der Waals surface area (Å²) in [5, 5.41) is 17.6. The minimum Gasteiger partial charge on any atom is -0.480 e. The van der Waals surface area contributed by atoms with Crippen LogP contribution < -0.4 is 5.32 Å². The van der Waals surface area contributed by atoms with E-state index in [1.807, 2.05) is 0 Å². The predicted octanol–water partition coefficient (Wildman–Crippen LogP) is -0.379. The summed E-state index contributed by atoms with van der Waals surface area (Å²) in [6.45, 7) is -0.0465. The number of nitrogens with one attached hydrogen (secondary N) is 2. The fourth-order valence-corrected chi connectivity index (χ4v) is 1.47. The molecule has 0 aliphatic carbocycles. The molecular formula is C10H11N5O3. The highest BCUT2D eigenvalue weighted by Crippen LogP contribution is 2.02. The Hall–Kier alpha value is -2.64. The van der Waals surface area contributed by atoms with Crippen molar-refractivity contribution >= 4 is 11.9 Å². The third-order valence-electron chi connectivity index (χ3n) is 2.25. The zero-order chi connectivity index (χ0) is 13.0. The molecule has 1 amide bonds. The summed E-state index contributed by atoms with van der Waals surface area (Å²) in [6, 6.07) is 3.17. The predicted molar refractivity (Wildman–Crippen MR) is 59.6 cm³/mol. The van der Waals surface area contributed by atoms with Gasteiger partial charge in [-0.3, -0.25) is 14.7 Å².